The van der Waals surface area contributed by atoms with Crippen molar-refractivity contribution in [2.75, 3.05) is 33.5 Å². The molecule has 1 aromatic carbocycles. The first-order chi connectivity index (χ1) is 15.2. The summed E-state index contributed by atoms with van der Waals surface area (Å²) in [6, 6.07) is 8.59. The maximum atomic E-state index is 12.2. The van der Waals surface area contributed by atoms with Crippen molar-refractivity contribution >= 4 is 11.9 Å². The minimum atomic E-state index is -0.971. The van der Waals surface area contributed by atoms with E-state index in [1.165, 1.54) is 37.5 Å². The Hall–Kier alpha value is -2.18. The molecule has 0 aliphatic carbocycles. The van der Waals surface area contributed by atoms with E-state index in [0.717, 1.165) is 12.8 Å². The number of methoxy groups -OCH3 is 1. The molecular formula is C26H40O6. The van der Waals surface area contributed by atoms with Crippen LogP contribution in [0, 0.1) is 11.3 Å². The number of carbonyl (C=O) groups is 2. The maximum Gasteiger partial charge on any atom is 0.335 e. The molecule has 1 N–H and O–H groups in total. The summed E-state index contributed by atoms with van der Waals surface area (Å²) in [6.45, 7) is 9.14. The number of aliphatic hydroxyl groups is 1. The lowest BCUT2D eigenvalue weighted by molar-refractivity contribution is -0.158. The van der Waals surface area contributed by atoms with E-state index in [1.54, 1.807) is 13.8 Å². The van der Waals surface area contributed by atoms with Gasteiger partial charge in [-0.25, -0.2) is 4.79 Å². The van der Waals surface area contributed by atoms with Crippen LogP contribution in [-0.2, 0) is 36.6 Å². The first-order valence-corrected chi connectivity index (χ1v) is 11.4. The second-order valence-electron chi connectivity index (χ2n) is 8.95. The normalized spacial score (nSPS) is 12.3. The molecule has 1 atom stereocenters. The number of rotatable bonds is 16. The molecule has 0 fully saturated rings. The standard InChI is InChI=1S/C26H40O6/c1-6-7-8-9-21-10-12-22(13-11-21)14-15-23(17-31-24(28)20(2)16-30-5)18-32-25(29)26(3,4)19-27/h10-13,23,27H,2,6-9,14-19H2,1,3-5H3. The van der Waals surface area contributed by atoms with Crippen molar-refractivity contribution in [2.45, 2.75) is 59.3 Å². The minimum Gasteiger partial charge on any atom is -0.465 e. The Morgan fingerprint density at radius 3 is 2.19 bits per heavy atom. The molecule has 0 saturated heterocycles. The lowest BCUT2D eigenvalue weighted by atomic mass is 9.95. The summed E-state index contributed by atoms with van der Waals surface area (Å²) >= 11 is 0. The van der Waals surface area contributed by atoms with Gasteiger partial charge in [-0.3, -0.25) is 4.79 Å². The van der Waals surface area contributed by atoms with E-state index in [4.69, 9.17) is 14.2 Å². The van der Waals surface area contributed by atoms with Crippen LogP contribution >= 0.6 is 0 Å². The molecule has 1 aromatic rings. The summed E-state index contributed by atoms with van der Waals surface area (Å²) in [5.41, 5.74) is 1.79. The van der Waals surface area contributed by atoms with Crippen molar-refractivity contribution in [1.82, 2.24) is 0 Å². The number of ether oxygens (including phenoxy) is 3. The zero-order valence-electron chi connectivity index (χ0n) is 20.2. The van der Waals surface area contributed by atoms with E-state index < -0.39 is 17.4 Å². The molecule has 0 aromatic heterocycles. The molecule has 0 amide bonds. The van der Waals surface area contributed by atoms with Crippen LogP contribution in [0.25, 0.3) is 0 Å². The minimum absolute atomic E-state index is 0.105. The predicted molar refractivity (Wildman–Crippen MR) is 125 cm³/mol. The van der Waals surface area contributed by atoms with E-state index in [-0.39, 0.29) is 37.9 Å². The zero-order valence-corrected chi connectivity index (χ0v) is 20.2. The Morgan fingerprint density at radius 2 is 1.62 bits per heavy atom. The van der Waals surface area contributed by atoms with Crippen molar-refractivity contribution in [3.8, 4) is 0 Å². The van der Waals surface area contributed by atoms with Crippen LogP contribution in [0.15, 0.2) is 36.4 Å². The summed E-state index contributed by atoms with van der Waals surface area (Å²) in [6.07, 6.45) is 6.21. The average molecular weight is 449 g/mol. The van der Waals surface area contributed by atoms with Crippen molar-refractivity contribution in [3.63, 3.8) is 0 Å². The van der Waals surface area contributed by atoms with Gasteiger partial charge in [-0.2, -0.15) is 0 Å². The topological polar surface area (TPSA) is 82.1 Å². The maximum absolute atomic E-state index is 12.2. The highest BCUT2D eigenvalue weighted by Gasteiger charge is 2.29. The second kappa shape index (κ2) is 14.8. The Bertz CT molecular complexity index is 708. The van der Waals surface area contributed by atoms with Crippen LogP contribution in [0.4, 0.5) is 0 Å². The van der Waals surface area contributed by atoms with E-state index >= 15 is 0 Å². The zero-order chi connectivity index (χ0) is 24.0. The number of benzene rings is 1. The highest BCUT2D eigenvalue weighted by molar-refractivity contribution is 5.87. The second-order valence-corrected chi connectivity index (χ2v) is 8.95. The molecule has 0 bridgehead atoms. The van der Waals surface area contributed by atoms with Gasteiger partial charge in [-0.15, -0.1) is 0 Å². The molecule has 0 aliphatic heterocycles. The predicted octanol–water partition coefficient (Wildman–Crippen LogP) is 4.28. The monoisotopic (exact) mass is 448 g/mol. The Labute approximate surface area is 192 Å². The molecule has 6 nitrogen and oxygen atoms in total. The number of aliphatic hydroxyl groups excluding tert-OH is 1. The van der Waals surface area contributed by atoms with Crippen LogP contribution in [-0.4, -0.2) is 50.6 Å². The lowest BCUT2D eigenvalue weighted by Crippen LogP contribution is -2.32. The third kappa shape index (κ3) is 10.4. The molecule has 0 aliphatic rings. The Kier molecular flexibility index (Phi) is 12.9. The first kappa shape index (κ1) is 27.9. The van der Waals surface area contributed by atoms with Gasteiger partial charge in [-0.05, 0) is 50.7 Å². The number of carbonyl (C=O) groups excluding carboxylic acids is 2. The van der Waals surface area contributed by atoms with Gasteiger partial charge in [0.15, 0.2) is 0 Å². The SMILES string of the molecule is C=C(COC)C(=O)OCC(CCc1ccc(CCCCC)cc1)COC(=O)C(C)(C)CO. The van der Waals surface area contributed by atoms with E-state index in [0.29, 0.717) is 6.42 Å². The Morgan fingerprint density at radius 1 is 1.03 bits per heavy atom. The van der Waals surface area contributed by atoms with Gasteiger partial charge >= 0.3 is 11.9 Å². The molecular weight excluding hydrogens is 408 g/mol. The van der Waals surface area contributed by atoms with E-state index in [2.05, 4.69) is 37.8 Å². The van der Waals surface area contributed by atoms with Gasteiger partial charge in [0.25, 0.3) is 0 Å². The van der Waals surface area contributed by atoms with Crippen LogP contribution in [0.3, 0.4) is 0 Å². The van der Waals surface area contributed by atoms with E-state index in [1.807, 2.05) is 0 Å². The van der Waals surface area contributed by atoms with Gasteiger partial charge in [0, 0.05) is 13.0 Å². The fraction of sp³-hybridized carbons (Fsp3) is 0.615. The molecule has 0 saturated carbocycles. The molecule has 0 heterocycles. The molecule has 0 radical (unpaired) electrons. The average Bonchev–Trinajstić information content (AvgIpc) is 2.79. The molecule has 1 unspecified atom stereocenters. The molecule has 1 rings (SSSR count). The third-order valence-electron chi connectivity index (χ3n) is 5.39. The van der Waals surface area contributed by atoms with E-state index in [9.17, 15) is 14.7 Å². The summed E-state index contributed by atoms with van der Waals surface area (Å²) in [4.78, 5) is 24.3. The smallest absolute Gasteiger partial charge is 0.335 e. The quantitative estimate of drug-likeness (QED) is 0.231. The molecule has 180 valence electrons. The van der Waals surface area contributed by atoms with Gasteiger partial charge in [0.1, 0.15) is 0 Å². The summed E-state index contributed by atoms with van der Waals surface area (Å²) in [7, 11) is 1.48. The highest BCUT2D eigenvalue weighted by atomic mass is 16.5. The van der Waals surface area contributed by atoms with Crippen molar-refractivity contribution < 1.29 is 28.9 Å². The summed E-state index contributed by atoms with van der Waals surface area (Å²) in [5.74, 6) is -1.16. The molecule has 32 heavy (non-hydrogen) atoms. The number of hydrogen-bond donors (Lipinski definition) is 1. The fourth-order valence-corrected chi connectivity index (χ4v) is 3.02. The number of unbranched alkanes of at least 4 members (excludes halogenated alkanes) is 2. The van der Waals surface area contributed by atoms with Gasteiger partial charge in [0.2, 0.25) is 0 Å². The van der Waals surface area contributed by atoms with Crippen LogP contribution < -0.4 is 0 Å². The van der Waals surface area contributed by atoms with Gasteiger partial charge < -0.3 is 19.3 Å². The van der Waals surface area contributed by atoms with Crippen molar-refractivity contribution in [1.29, 1.82) is 0 Å². The number of aryl methyl sites for hydroxylation is 2. The summed E-state index contributed by atoms with van der Waals surface area (Å²) < 4.78 is 15.7. The third-order valence-corrected chi connectivity index (χ3v) is 5.39. The fourth-order valence-electron chi connectivity index (χ4n) is 3.02. The molecule has 0 spiro atoms. The van der Waals surface area contributed by atoms with Gasteiger partial charge in [-0.1, -0.05) is 50.6 Å². The summed E-state index contributed by atoms with van der Waals surface area (Å²) in [5, 5.41) is 9.37. The van der Waals surface area contributed by atoms with Gasteiger partial charge in [0.05, 0.1) is 37.4 Å². The lowest BCUT2D eigenvalue weighted by Gasteiger charge is -2.23. The van der Waals surface area contributed by atoms with Crippen LogP contribution in [0.5, 0.6) is 0 Å². The first-order valence-electron chi connectivity index (χ1n) is 11.4. The van der Waals surface area contributed by atoms with Crippen molar-refractivity contribution in [3.05, 3.63) is 47.5 Å². The molecule has 6 heteroatoms. The number of hydrogen-bond acceptors (Lipinski definition) is 6. The number of esters is 2. The van der Waals surface area contributed by atoms with Crippen molar-refractivity contribution in [2.24, 2.45) is 11.3 Å². The van der Waals surface area contributed by atoms with Crippen LogP contribution in [0.2, 0.25) is 0 Å². The largest absolute Gasteiger partial charge is 0.465 e. The Balaban J connectivity index is 2.67. The van der Waals surface area contributed by atoms with Crippen LogP contribution in [0.1, 0.15) is 57.6 Å². The highest BCUT2D eigenvalue weighted by Crippen LogP contribution is 2.19.